The highest BCUT2D eigenvalue weighted by atomic mass is 35.5. The van der Waals surface area contributed by atoms with Crippen LogP contribution in [0.25, 0.3) is 0 Å². The minimum atomic E-state index is -3.80. The molecule has 38 heavy (non-hydrogen) atoms. The van der Waals surface area contributed by atoms with Gasteiger partial charge in [-0.2, -0.15) is 0 Å². The number of carbonyl (C=O) groups is 2. The van der Waals surface area contributed by atoms with Crippen molar-refractivity contribution in [2.24, 2.45) is 0 Å². The van der Waals surface area contributed by atoms with Gasteiger partial charge >= 0.3 is 0 Å². The molecule has 2 amide bonds. The molecule has 1 unspecified atom stereocenters. The molecule has 2 aromatic carbocycles. The van der Waals surface area contributed by atoms with Crippen LogP contribution in [0.1, 0.15) is 57.4 Å². The van der Waals surface area contributed by atoms with E-state index >= 15 is 0 Å². The Morgan fingerprint density at radius 3 is 2.29 bits per heavy atom. The first-order valence-corrected chi connectivity index (χ1v) is 15.4. The van der Waals surface area contributed by atoms with E-state index in [1.165, 1.54) is 23.1 Å². The molecule has 1 aliphatic rings. The topological polar surface area (TPSA) is 86.8 Å². The van der Waals surface area contributed by atoms with E-state index in [1.54, 1.807) is 24.3 Å². The molecule has 11 heteroatoms. The zero-order valence-corrected chi connectivity index (χ0v) is 24.0. The van der Waals surface area contributed by atoms with Crippen molar-refractivity contribution in [1.29, 1.82) is 0 Å². The van der Waals surface area contributed by atoms with Gasteiger partial charge in [0.15, 0.2) is 0 Å². The number of rotatable bonds is 12. The highest BCUT2D eigenvalue weighted by Gasteiger charge is 2.31. The lowest BCUT2D eigenvalue weighted by Crippen LogP contribution is -2.51. The van der Waals surface area contributed by atoms with Crippen LogP contribution in [-0.4, -0.2) is 50.0 Å². The zero-order chi connectivity index (χ0) is 27.9. The van der Waals surface area contributed by atoms with Gasteiger partial charge in [0.05, 0.1) is 11.9 Å². The number of halogens is 3. The van der Waals surface area contributed by atoms with Crippen molar-refractivity contribution in [1.82, 2.24) is 10.2 Å². The molecule has 208 valence electrons. The van der Waals surface area contributed by atoms with Gasteiger partial charge in [-0.15, -0.1) is 0 Å². The first-order valence-electron chi connectivity index (χ1n) is 12.8. The maximum absolute atomic E-state index is 14.4. The number of para-hydroxylation sites is 1. The summed E-state index contributed by atoms with van der Waals surface area (Å²) in [5.41, 5.74) is 0.449. The fourth-order valence-electron chi connectivity index (χ4n) is 4.78. The molecule has 0 aliphatic heterocycles. The second kappa shape index (κ2) is 13.6. The van der Waals surface area contributed by atoms with Crippen LogP contribution >= 0.6 is 23.2 Å². The van der Waals surface area contributed by atoms with Crippen LogP contribution in [0.2, 0.25) is 10.0 Å². The van der Waals surface area contributed by atoms with Crippen LogP contribution in [-0.2, 0) is 26.2 Å². The maximum Gasteiger partial charge on any atom is 0.243 e. The summed E-state index contributed by atoms with van der Waals surface area (Å²) in [6.07, 6.45) is 5.35. The second-order valence-electron chi connectivity index (χ2n) is 9.53. The molecule has 0 spiro atoms. The van der Waals surface area contributed by atoms with Gasteiger partial charge in [-0.3, -0.25) is 13.9 Å². The molecule has 1 fully saturated rings. The van der Waals surface area contributed by atoms with Crippen LogP contribution in [0.15, 0.2) is 42.5 Å². The number of carbonyl (C=O) groups excluding carboxylic acids is 2. The molecule has 1 aliphatic carbocycles. The lowest BCUT2D eigenvalue weighted by Gasteiger charge is -2.32. The van der Waals surface area contributed by atoms with E-state index in [-0.39, 0.29) is 49.5 Å². The van der Waals surface area contributed by atoms with Crippen molar-refractivity contribution in [3.63, 3.8) is 0 Å². The molecule has 1 atom stereocenters. The summed E-state index contributed by atoms with van der Waals surface area (Å²) in [7, 11) is -3.80. The Morgan fingerprint density at radius 2 is 1.71 bits per heavy atom. The highest BCUT2D eigenvalue weighted by Crippen LogP contribution is 2.28. The Labute approximate surface area is 234 Å². The van der Waals surface area contributed by atoms with Crippen molar-refractivity contribution < 1.29 is 22.4 Å². The Morgan fingerprint density at radius 1 is 1.08 bits per heavy atom. The molecule has 7 nitrogen and oxygen atoms in total. The predicted octanol–water partition coefficient (Wildman–Crippen LogP) is 5.54. The van der Waals surface area contributed by atoms with Gasteiger partial charge in [0.1, 0.15) is 11.9 Å². The first kappa shape index (κ1) is 30.2. The van der Waals surface area contributed by atoms with E-state index in [0.29, 0.717) is 22.0 Å². The highest BCUT2D eigenvalue weighted by molar-refractivity contribution is 7.92. The molecular weight excluding hydrogens is 552 g/mol. The van der Waals surface area contributed by atoms with E-state index < -0.39 is 21.9 Å². The minimum absolute atomic E-state index is 0.0248. The van der Waals surface area contributed by atoms with Gasteiger partial charge in [-0.05, 0) is 49.9 Å². The average Bonchev–Trinajstić information content (AvgIpc) is 3.36. The summed E-state index contributed by atoms with van der Waals surface area (Å²) in [6, 6.07) is 9.95. The standard InChI is InChI=1S/C27H34Cl2FN3O4S/c1-3-24(27(35)31-19-10-4-5-11-19)32(18-20-21(28)12-8-13-22(20)29)26(34)16-9-17-33(38(2,36)37)25-15-7-6-14-23(25)30/h6-8,12-15,19,24H,3-5,9-11,16-18H2,1-2H3,(H,31,35). The summed E-state index contributed by atoms with van der Waals surface area (Å²) in [6.45, 7) is 1.76. The van der Waals surface area contributed by atoms with Gasteiger partial charge < -0.3 is 10.2 Å². The number of anilines is 1. The Bertz CT molecular complexity index is 1220. The summed E-state index contributed by atoms with van der Waals surface area (Å²) in [5, 5.41) is 3.83. The van der Waals surface area contributed by atoms with Crippen molar-refractivity contribution in [3.05, 3.63) is 63.9 Å². The smallest absolute Gasteiger partial charge is 0.243 e. The Balaban J connectivity index is 1.81. The van der Waals surface area contributed by atoms with Gasteiger partial charge in [-0.1, -0.05) is 61.2 Å². The molecule has 0 heterocycles. The SMILES string of the molecule is CCC(C(=O)NC1CCCC1)N(Cc1c(Cl)cccc1Cl)C(=O)CCCN(c1ccccc1F)S(C)(=O)=O. The molecule has 0 radical (unpaired) electrons. The average molecular weight is 587 g/mol. The fraction of sp³-hybridized carbons (Fsp3) is 0.481. The first-order chi connectivity index (χ1) is 18.0. The van der Waals surface area contributed by atoms with Crippen LogP contribution in [0.4, 0.5) is 10.1 Å². The lowest BCUT2D eigenvalue weighted by molar-refractivity contribution is -0.141. The van der Waals surface area contributed by atoms with E-state index in [2.05, 4.69) is 5.32 Å². The summed E-state index contributed by atoms with van der Waals surface area (Å²) < 4.78 is 40.1. The maximum atomic E-state index is 14.4. The molecule has 0 bridgehead atoms. The molecule has 3 rings (SSSR count). The van der Waals surface area contributed by atoms with Gasteiger partial charge in [0.25, 0.3) is 0 Å². The number of hydrogen-bond donors (Lipinski definition) is 1. The third-order valence-corrected chi connectivity index (χ3v) is 8.64. The number of sulfonamides is 1. The van der Waals surface area contributed by atoms with Gasteiger partial charge in [0, 0.05) is 41.2 Å². The number of nitrogens with zero attached hydrogens (tertiary/aromatic N) is 2. The number of benzene rings is 2. The van der Waals surface area contributed by atoms with E-state index in [4.69, 9.17) is 23.2 Å². The van der Waals surface area contributed by atoms with E-state index in [9.17, 15) is 22.4 Å². The zero-order valence-electron chi connectivity index (χ0n) is 21.6. The van der Waals surface area contributed by atoms with Gasteiger partial charge in [0.2, 0.25) is 21.8 Å². The van der Waals surface area contributed by atoms with Gasteiger partial charge in [-0.25, -0.2) is 12.8 Å². The van der Waals surface area contributed by atoms with Crippen LogP contribution < -0.4 is 9.62 Å². The van der Waals surface area contributed by atoms with E-state index in [1.807, 2.05) is 6.92 Å². The van der Waals surface area contributed by atoms with Crippen LogP contribution in [0.5, 0.6) is 0 Å². The van der Waals surface area contributed by atoms with E-state index in [0.717, 1.165) is 36.2 Å². The van der Waals surface area contributed by atoms with Crippen LogP contribution in [0, 0.1) is 5.82 Å². The number of hydrogen-bond acceptors (Lipinski definition) is 4. The van der Waals surface area contributed by atoms with Crippen LogP contribution in [0.3, 0.4) is 0 Å². The Kier molecular flexibility index (Phi) is 10.8. The summed E-state index contributed by atoms with van der Waals surface area (Å²) in [5.74, 6) is -1.26. The molecule has 1 N–H and O–H groups in total. The lowest BCUT2D eigenvalue weighted by atomic mass is 10.1. The molecule has 2 aromatic rings. The quantitative estimate of drug-likeness (QED) is 0.354. The third-order valence-electron chi connectivity index (χ3n) is 6.75. The third kappa shape index (κ3) is 7.83. The molecule has 1 saturated carbocycles. The summed E-state index contributed by atoms with van der Waals surface area (Å²) in [4.78, 5) is 28.3. The largest absolute Gasteiger partial charge is 0.352 e. The van der Waals surface area contributed by atoms with Crippen molar-refractivity contribution in [3.8, 4) is 0 Å². The molecular formula is C27H34Cl2FN3O4S. The normalized spacial score (nSPS) is 14.8. The predicted molar refractivity (Wildman–Crippen MR) is 149 cm³/mol. The molecule has 0 aromatic heterocycles. The number of amides is 2. The number of nitrogens with one attached hydrogen (secondary N) is 1. The van der Waals surface area contributed by atoms with Crippen molar-refractivity contribution in [2.45, 2.75) is 70.5 Å². The minimum Gasteiger partial charge on any atom is -0.352 e. The van der Waals surface area contributed by atoms with Crippen molar-refractivity contribution in [2.75, 3.05) is 17.1 Å². The van der Waals surface area contributed by atoms with Crippen molar-refractivity contribution >= 4 is 50.7 Å². The summed E-state index contributed by atoms with van der Waals surface area (Å²) >= 11 is 12.8. The molecule has 0 saturated heterocycles. The fourth-order valence-corrected chi connectivity index (χ4v) is 6.26. The monoisotopic (exact) mass is 585 g/mol. The Hall–Kier alpha value is -2.36. The second-order valence-corrected chi connectivity index (χ2v) is 12.2.